The quantitative estimate of drug-likeness (QED) is 0.789. The molecule has 1 fully saturated rings. The molecule has 0 aromatic heterocycles. The second-order valence-corrected chi connectivity index (χ2v) is 4.71. The van der Waals surface area contributed by atoms with Crippen molar-refractivity contribution in [2.75, 3.05) is 38.4 Å². The van der Waals surface area contributed by atoms with Gasteiger partial charge in [-0.3, -0.25) is 4.79 Å². The Morgan fingerprint density at radius 3 is 2.83 bits per heavy atom. The van der Waals surface area contributed by atoms with Gasteiger partial charge in [-0.15, -0.1) is 0 Å². The molecule has 1 unspecified atom stereocenters. The zero-order chi connectivity index (χ0) is 13.1. The summed E-state index contributed by atoms with van der Waals surface area (Å²) in [5.74, 6) is -0.0440. The number of anilines is 2. The zero-order valence-corrected chi connectivity index (χ0v) is 10.8. The largest absolute Gasteiger partial charge is 0.397 e. The first-order chi connectivity index (χ1) is 8.58. The predicted molar refractivity (Wildman–Crippen MR) is 71.7 cm³/mol. The molecule has 5 heteroatoms. The van der Waals surface area contributed by atoms with Crippen molar-refractivity contribution in [1.82, 2.24) is 4.90 Å². The van der Waals surface area contributed by atoms with Gasteiger partial charge in [-0.1, -0.05) is 0 Å². The van der Waals surface area contributed by atoms with E-state index in [-0.39, 0.29) is 5.91 Å². The minimum Gasteiger partial charge on any atom is -0.397 e. The van der Waals surface area contributed by atoms with Crippen LogP contribution in [0.1, 0.15) is 16.8 Å². The topological polar surface area (TPSA) is 67.6 Å². The SMILES string of the molecule is CN(C)C(=O)c1ccc(NC2CCOC2)c(N)c1. The van der Waals surface area contributed by atoms with E-state index in [0.29, 0.717) is 23.9 Å². The maximum Gasteiger partial charge on any atom is 0.253 e. The van der Waals surface area contributed by atoms with Crippen LogP contribution in [-0.2, 0) is 4.74 Å². The summed E-state index contributed by atoms with van der Waals surface area (Å²) < 4.78 is 5.30. The molecule has 0 saturated carbocycles. The molecular weight excluding hydrogens is 230 g/mol. The number of nitrogens with one attached hydrogen (secondary N) is 1. The molecule has 0 radical (unpaired) electrons. The Balaban J connectivity index is 2.11. The van der Waals surface area contributed by atoms with E-state index in [2.05, 4.69) is 5.32 Å². The van der Waals surface area contributed by atoms with Gasteiger partial charge in [0.05, 0.1) is 24.0 Å². The first-order valence-corrected chi connectivity index (χ1v) is 6.03. The summed E-state index contributed by atoms with van der Waals surface area (Å²) in [7, 11) is 3.45. The Morgan fingerprint density at radius 2 is 2.28 bits per heavy atom. The van der Waals surface area contributed by atoms with Gasteiger partial charge in [0.1, 0.15) is 0 Å². The molecule has 1 saturated heterocycles. The van der Waals surface area contributed by atoms with Gasteiger partial charge in [0.15, 0.2) is 0 Å². The van der Waals surface area contributed by atoms with Crippen LogP contribution in [0.3, 0.4) is 0 Å². The van der Waals surface area contributed by atoms with E-state index in [0.717, 1.165) is 18.7 Å². The number of amides is 1. The number of rotatable bonds is 3. The number of hydrogen-bond donors (Lipinski definition) is 2. The molecule has 0 spiro atoms. The highest BCUT2D eigenvalue weighted by Gasteiger charge is 2.17. The molecule has 2 rings (SSSR count). The third-order valence-electron chi connectivity index (χ3n) is 2.99. The Bertz CT molecular complexity index is 440. The van der Waals surface area contributed by atoms with Gasteiger partial charge in [-0.25, -0.2) is 0 Å². The number of hydrogen-bond acceptors (Lipinski definition) is 4. The number of nitrogens with zero attached hydrogens (tertiary/aromatic N) is 1. The summed E-state index contributed by atoms with van der Waals surface area (Å²) in [5.41, 5.74) is 8.02. The standard InChI is InChI=1S/C13H19N3O2/c1-16(2)13(17)9-3-4-12(11(14)7-9)15-10-5-6-18-8-10/h3-4,7,10,15H,5-6,8,14H2,1-2H3. The maximum atomic E-state index is 11.8. The van der Waals surface area contributed by atoms with E-state index in [1.807, 2.05) is 6.07 Å². The van der Waals surface area contributed by atoms with Crippen molar-refractivity contribution in [3.05, 3.63) is 23.8 Å². The molecule has 5 nitrogen and oxygen atoms in total. The minimum absolute atomic E-state index is 0.0440. The maximum absolute atomic E-state index is 11.8. The van der Waals surface area contributed by atoms with Crippen LogP contribution in [-0.4, -0.2) is 44.2 Å². The van der Waals surface area contributed by atoms with E-state index in [9.17, 15) is 4.79 Å². The van der Waals surface area contributed by atoms with Crippen molar-refractivity contribution in [1.29, 1.82) is 0 Å². The fraction of sp³-hybridized carbons (Fsp3) is 0.462. The fourth-order valence-electron chi connectivity index (χ4n) is 1.95. The summed E-state index contributed by atoms with van der Waals surface area (Å²) >= 11 is 0. The van der Waals surface area contributed by atoms with Crippen molar-refractivity contribution in [2.24, 2.45) is 0 Å². The van der Waals surface area contributed by atoms with Crippen molar-refractivity contribution in [3.8, 4) is 0 Å². The third kappa shape index (κ3) is 2.73. The number of carbonyl (C=O) groups is 1. The van der Waals surface area contributed by atoms with Crippen LogP contribution in [0.25, 0.3) is 0 Å². The lowest BCUT2D eigenvalue weighted by atomic mass is 10.1. The number of carbonyl (C=O) groups excluding carboxylic acids is 1. The van der Waals surface area contributed by atoms with E-state index < -0.39 is 0 Å². The minimum atomic E-state index is -0.0440. The lowest BCUT2D eigenvalue weighted by Gasteiger charge is -2.16. The van der Waals surface area contributed by atoms with Crippen LogP contribution in [0.15, 0.2) is 18.2 Å². The first kappa shape index (κ1) is 12.7. The number of benzene rings is 1. The summed E-state index contributed by atoms with van der Waals surface area (Å²) in [6.07, 6.45) is 0.984. The molecule has 1 heterocycles. The Kier molecular flexibility index (Phi) is 3.72. The second-order valence-electron chi connectivity index (χ2n) is 4.71. The number of ether oxygens (including phenoxy) is 1. The zero-order valence-electron chi connectivity index (χ0n) is 10.8. The van der Waals surface area contributed by atoms with Crippen LogP contribution >= 0.6 is 0 Å². The molecule has 1 atom stereocenters. The Labute approximate surface area is 107 Å². The summed E-state index contributed by atoms with van der Waals surface area (Å²) in [6.45, 7) is 1.49. The van der Waals surface area contributed by atoms with Crippen molar-refractivity contribution < 1.29 is 9.53 Å². The summed E-state index contributed by atoms with van der Waals surface area (Å²) in [4.78, 5) is 13.3. The first-order valence-electron chi connectivity index (χ1n) is 6.03. The average Bonchev–Trinajstić information content (AvgIpc) is 2.83. The third-order valence-corrected chi connectivity index (χ3v) is 2.99. The lowest BCUT2D eigenvalue weighted by molar-refractivity contribution is 0.0827. The molecule has 1 aromatic rings. The van der Waals surface area contributed by atoms with E-state index >= 15 is 0 Å². The van der Waals surface area contributed by atoms with Crippen LogP contribution in [0, 0.1) is 0 Å². The summed E-state index contributed by atoms with van der Waals surface area (Å²) in [6, 6.07) is 5.66. The molecule has 18 heavy (non-hydrogen) atoms. The molecule has 0 aliphatic carbocycles. The molecule has 1 aromatic carbocycles. The molecule has 98 valence electrons. The van der Waals surface area contributed by atoms with Gasteiger partial charge in [0.2, 0.25) is 0 Å². The van der Waals surface area contributed by atoms with Gasteiger partial charge < -0.3 is 20.7 Å². The molecule has 3 N–H and O–H groups in total. The van der Waals surface area contributed by atoms with E-state index in [1.54, 1.807) is 26.2 Å². The highest BCUT2D eigenvalue weighted by Crippen LogP contribution is 2.23. The highest BCUT2D eigenvalue weighted by molar-refractivity contribution is 5.95. The van der Waals surface area contributed by atoms with Crippen LogP contribution in [0.5, 0.6) is 0 Å². The Morgan fingerprint density at radius 1 is 1.50 bits per heavy atom. The Hall–Kier alpha value is -1.75. The van der Waals surface area contributed by atoms with Gasteiger partial charge in [0.25, 0.3) is 5.91 Å². The smallest absolute Gasteiger partial charge is 0.253 e. The normalized spacial score (nSPS) is 18.7. The highest BCUT2D eigenvalue weighted by atomic mass is 16.5. The van der Waals surface area contributed by atoms with Gasteiger partial charge >= 0.3 is 0 Å². The monoisotopic (exact) mass is 249 g/mol. The average molecular weight is 249 g/mol. The van der Waals surface area contributed by atoms with Gasteiger partial charge in [0, 0.05) is 26.3 Å². The van der Waals surface area contributed by atoms with Crippen molar-refractivity contribution in [3.63, 3.8) is 0 Å². The molecule has 1 aliphatic heterocycles. The number of nitrogen functional groups attached to an aromatic ring is 1. The van der Waals surface area contributed by atoms with Crippen LogP contribution in [0.2, 0.25) is 0 Å². The van der Waals surface area contributed by atoms with E-state index in [1.165, 1.54) is 4.90 Å². The van der Waals surface area contributed by atoms with Gasteiger partial charge in [-0.2, -0.15) is 0 Å². The van der Waals surface area contributed by atoms with Crippen molar-refractivity contribution in [2.45, 2.75) is 12.5 Å². The van der Waals surface area contributed by atoms with E-state index in [4.69, 9.17) is 10.5 Å². The predicted octanol–water partition coefficient (Wildman–Crippen LogP) is 1.17. The molecule has 1 amide bonds. The molecule has 1 aliphatic rings. The summed E-state index contributed by atoms with van der Waals surface area (Å²) in [5, 5.41) is 3.33. The van der Waals surface area contributed by atoms with Crippen LogP contribution < -0.4 is 11.1 Å². The molecular formula is C13H19N3O2. The number of nitrogens with two attached hydrogens (primary N) is 1. The van der Waals surface area contributed by atoms with Crippen LogP contribution in [0.4, 0.5) is 11.4 Å². The second kappa shape index (κ2) is 5.27. The van der Waals surface area contributed by atoms with Crippen molar-refractivity contribution >= 4 is 17.3 Å². The fourth-order valence-corrected chi connectivity index (χ4v) is 1.95. The van der Waals surface area contributed by atoms with Gasteiger partial charge in [-0.05, 0) is 24.6 Å². The lowest BCUT2D eigenvalue weighted by Crippen LogP contribution is -2.22. The molecule has 0 bridgehead atoms.